The number of nitrogens with one attached hydrogen (secondary N) is 2. The maximum Gasteiger partial charge on any atom is 0.266 e. The van der Waals surface area contributed by atoms with E-state index in [9.17, 15) is 9.59 Å². The maximum atomic E-state index is 13.3. The number of carbonyl (C=O) groups excluding carboxylic acids is 2. The summed E-state index contributed by atoms with van der Waals surface area (Å²) in [6.45, 7) is 0.457. The average Bonchev–Trinajstić information content (AvgIpc) is 3.61. The fourth-order valence-corrected chi connectivity index (χ4v) is 4.64. The molecule has 1 amide bonds. The Morgan fingerprint density at radius 3 is 2.52 bits per heavy atom. The van der Waals surface area contributed by atoms with Crippen LogP contribution in [0.4, 0.5) is 11.8 Å². The molecular formula is C23H18N6O2S2. The van der Waals surface area contributed by atoms with Crippen molar-refractivity contribution >= 4 is 57.2 Å². The molecular weight excluding hydrogens is 456 g/mol. The van der Waals surface area contributed by atoms with Crippen LogP contribution in [-0.4, -0.2) is 31.2 Å². The molecule has 33 heavy (non-hydrogen) atoms. The van der Waals surface area contributed by atoms with Gasteiger partial charge in [0.25, 0.3) is 5.91 Å². The van der Waals surface area contributed by atoms with Gasteiger partial charge in [-0.25, -0.2) is 4.98 Å². The zero-order valence-electron chi connectivity index (χ0n) is 17.5. The first-order chi connectivity index (χ1) is 16.1. The summed E-state index contributed by atoms with van der Waals surface area (Å²) >= 11 is 2.72. The van der Waals surface area contributed by atoms with Crippen molar-refractivity contribution in [1.82, 2.24) is 19.5 Å². The monoisotopic (exact) mass is 474 g/mol. The van der Waals surface area contributed by atoms with Crippen LogP contribution >= 0.6 is 22.7 Å². The van der Waals surface area contributed by atoms with Crippen LogP contribution < -0.4 is 10.6 Å². The summed E-state index contributed by atoms with van der Waals surface area (Å²) in [7, 11) is 1.80. The van der Waals surface area contributed by atoms with E-state index in [4.69, 9.17) is 0 Å². The van der Waals surface area contributed by atoms with Crippen molar-refractivity contribution < 1.29 is 9.59 Å². The van der Waals surface area contributed by atoms with Gasteiger partial charge in [-0.2, -0.15) is 4.98 Å². The summed E-state index contributed by atoms with van der Waals surface area (Å²) in [6, 6.07) is 12.7. The molecule has 0 saturated heterocycles. The molecule has 0 aliphatic heterocycles. The number of rotatable bonds is 7. The molecule has 2 N–H and O–H groups in total. The number of nitrogens with zero attached hydrogens (tertiary/aromatic N) is 4. The lowest BCUT2D eigenvalue weighted by Gasteiger charge is -2.09. The highest BCUT2D eigenvalue weighted by atomic mass is 32.1. The SMILES string of the molecule is Cn1c(NC(=O)c2cccs2)cc2c(C(=O)c3cccs3)nc(NCc3cccnc3)nc21. The molecule has 0 saturated carbocycles. The van der Waals surface area contributed by atoms with Gasteiger partial charge in [0.2, 0.25) is 11.7 Å². The summed E-state index contributed by atoms with van der Waals surface area (Å²) in [6.07, 6.45) is 3.46. The smallest absolute Gasteiger partial charge is 0.266 e. The first-order valence-corrected chi connectivity index (χ1v) is 11.8. The van der Waals surface area contributed by atoms with Crippen LogP contribution in [0.25, 0.3) is 11.0 Å². The number of thiophene rings is 2. The molecule has 0 unspecified atom stereocenters. The van der Waals surface area contributed by atoms with Crippen molar-refractivity contribution in [2.75, 3.05) is 10.6 Å². The molecule has 5 heterocycles. The number of amides is 1. The summed E-state index contributed by atoms with van der Waals surface area (Å²) in [5.74, 6) is 0.444. The Hall–Kier alpha value is -3.89. The van der Waals surface area contributed by atoms with Crippen LogP contribution in [0.15, 0.2) is 65.6 Å². The number of fused-ring (bicyclic) bond motifs is 1. The van der Waals surface area contributed by atoms with Gasteiger partial charge in [-0.15, -0.1) is 22.7 Å². The van der Waals surface area contributed by atoms with E-state index in [0.717, 1.165) is 5.56 Å². The van der Waals surface area contributed by atoms with Crippen LogP contribution in [-0.2, 0) is 13.6 Å². The maximum absolute atomic E-state index is 13.3. The first kappa shape index (κ1) is 21.0. The van der Waals surface area contributed by atoms with Gasteiger partial charge in [-0.3, -0.25) is 14.6 Å². The third-order valence-electron chi connectivity index (χ3n) is 5.01. The van der Waals surface area contributed by atoms with Gasteiger partial charge in [-0.05, 0) is 40.6 Å². The molecule has 164 valence electrons. The van der Waals surface area contributed by atoms with E-state index >= 15 is 0 Å². The van der Waals surface area contributed by atoms with Crippen LogP contribution in [0.5, 0.6) is 0 Å². The highest BCUT2D eigenvalue weighted by Crippen LogP contribution is 2.28. The van der Waals surface area contributed by atoms with Crippen molar-refractivity contribution in [3.8, 4) is 0 Å². The fourth-order valence-electron chi connectivity index (χ4n) is 3.36. The van der Waals surface area contributed by atoms with Crippen LogP contribution in [0.1, 0.15) is 30.6 Å². The second-order valence-electron chi connectivity index (χ2n) is 7.17. The van der Waals surface area contributed by atoms with Gasteiger partial charge >= 0.3 is 0 Å². The van der Waals surface area contributed by atoms with E-state index in [-0.39, 0.29) is 17.4 Å². The normalized spacial score (nSPS) is 10.9. The minimum Gasteiger partial charge on any atom is -0.350 e. The third kappa shape index (κ3) is 4.26. The molecule has 5 aromatic rings. The number of anilines is 2. The Morgan fingerprint density at radius 2 is 1.82 bits per heavy atom. The highest BCUT2D eigenvalue weighted by molar-refractivity contribution is 7.12. The largest absolute Gasteiger partial charge is 0.350 e. The molecule has 5 rings (SSSR count). The molecule has 0 atom stereocenters. The van der Waals surface area contributed by atoms with Gasteiger partial charge in [-0.1, -0.05) is 18.2 Å². The molecule has 5 aromatic heterocycles. The lowest BCUT2D eigenvalue weighted by Crippen LogP contribution is -2.13. The molecule has 0 fully saturated rings. The summed E-state index contributed by atoms with van der Waals surface area (Å²) in [5, 5.41) is 10.4. The van der Waals surface area contributed by atoms with Crippen LogP contribution in [0.3, 0.4) is 0 Å². The number of ketones is 1. The van der Waals surface area contributed by atoms with Crippen LogP contribution in [0.2, 0.25) is 0 Å². The predicted octanol–water partition coefficient (Wildman–Crippen LogP) is 4.58. The number of hydrogen-bond acceptors (Lipinski definition) is 8. The molecule has 10 heteroatoms. The van der Waals surface area contributed by atoms with E-state index < -0.39 is 0 Å². The molecule has 0 aliphatic rings. The van der Waals surface area contributed by atoms with Crippen molar-refractivity contribution in [3.63, 3.8) is 0 Å². The number of aryl methyl sites for hydroxylation is 1. The Labute approximate surface area is 197 Å². The molecule has 0 spiro atoms. The highest BCUT2D eigenvalue weighted by Gasteiger charge is 2.22. The summed E-state index contributed by atoms with van der Waals surface area (Å²) in [4.78, 5) is 40.3. The predicted molar refractivity (Wildman–Crippen MR) is 130 cm³/mol. The molecule has 0 aromatic carbocycles. The zero-order chi connectivity index (χ0) is 22.8. The lowest BCUT2D eigenvalue weighted by atomic mass is 10.2. The van der Waals surface area contributed by atoms with Gasteiger partial charge in [0.15, 0.2) is 0 Å². The van der Waals surface area contributed by atoms with Gasteiger partial charge < -0.3 is 15.2 Å². The Bertz CT molecular complexity index is 1430. The van der Waals surface area contributed by atoms with E-state index in [1.165, 1.54) is 22.7 Å². The molecule has 0 bridgehead atoms. The lowest BCUT2D eigenvalue weighted by molar-refractivity contribution is 0.102. The van der Waals surface area contributed by atoms with E-state index in [0.29, 0.717) is 39.1 Å². The number of carbonyl (C=O) groups is 2. The molecule has 8 nitrogen and oxygen atoms in total. The number of pyridine rings is 1. The van der Waals surface area contributed by atoms with Crippen molar-refractivity contribution in [3.05, 3.63) is 86.6 Å². The fraction of sp³-hybridized carbons (Fsp3) is 0.0870. The van der Waals surface area contributed by atoms with E-state index in [1.807, 2.05) is 35.0 Å². The van der Waals surface area contributed by atoms with E-state index in [2.05, 4.69) is 25.6 Å². The van der Waals surface area contributed by atoms with Gasteiger partial charge in [0, 0.05) is 26.0 Å². The topological polar surface area (TPSA) is 102 Å². The number of hydrogen-bond donors (Lipinski definition) is 2. The van der Waals surface area contributed by atoms with Crippen molar-refractivity contribution in [2.24, 2.45) is 7.05 Å². The third-order valence-corrected chi connectivity index (χ3v) is 6.74. The number of aromatic nitrogens is 4. The Balaban J connectivity index is 1.55. The summed E-state index contributed by atoms with van der Waals surface area (Å²) < 4.78 is 1.75. The van der Waals surface area contributed by atoms with Gasteiger partial charge in [0.05, 0.1) is 15.1 Å². The molecule has 0 radical (unpaired) electrons. The standard InChI is InChI=1S/C23H18N6O2S2/c1-29-18(26-22(31)17-7-4-10-33-17)11-15-19(20(30)16-6-3-9-32-16)27-23(28-21(15)29)25-13-14-5-2-8-24-12-14/h2-12H,13H2,1H3,(H,26,31)(H,25,27,28). The van der Waals surface area contributed by atoms with E-state index in [1.54, 1.807) is 42.2 Å². The van der Waals surface area contributed by atoms with Crippen molar-refractivity contribution in [1.29, 1.82) is 0 Å². The Morgan fingerprint density at radius 1 is 1.03 bits per heavy atom. The first-order valence-electron chi connectivity index (χ1n) is 10.0. The summed E-state index contributed by atoms with van der Waals surface area (Å²) in [5.41, 5.74) is 1.78. The van der Waals surface area contributed by atoms with Gasteiger partial charge in [0.1, 0.15) is 17.2 Å². The quantitative estimate of drug-likeness (QED) is 0.335. The minimum atomic E-state index is -0.218. The molecule has 0 aliphatic carbocycles. The second kappa shape index (κ2) is 8.93. The second-order valence-corrected chi connectivity index (χ2v) is 9.07. The Kier molecular flexibility index (Phi) is 5.68. The zero-order valence-corrected chi connectivity index (χ0v) is 19.1. The van der Waals surface area contributed by atoms with Crippen molar-refractivity contribution in [2.45, 2.75) is 6.54 Å². The minimum absolute atomic E-state index is 0.191. The average molecular weight is 475 g/mol. The van der Waals surface area contributed by atoms with Crippen LogP contribution in [0, 0.1) is 0 Å².